The summed E-state index contributed by atoms with van der Waals surface area (Å²) in [6, 6.07) is 10.00. The van der Waals surface area contributed by atoms with Crippen LogP contribution in [0.15, 0.2) is 53.4 Å². The Morgan fingerprint density at radius 1 is 1.09 bits per heavy atom. The van der Waals surface area contributed by atoms with Gasteiger partial charge in [-0.2, -0.15) is 13.2 Å². The lowest BCUT2D eigenvalue weighted by Gasteiger charge is -2.25. The topological polar surface area (TPSA) is 69.7 Å². The molecule has 0 radical (unpaired) electrons. The quantitative estimate of drug-likeness (QED) is 0.522. The zero-order chi connectivity index (χ0) is 24.1. The summed E-state index contributed by atoms with van der Waals surface area (Å²) in [6.45, 7) is 2.53. The number of likely N-dealkylation sites (tertiary alicyclic amines) is 1. The van der Waals surface area contributed by atoms with Gasteiger partial charge in [0, 0.05) is 6.54 Å². The van der Waals surface area contributed by atoms with Crippen molar-refractivity contribution in [2.75, 3.05) is 37.0 Å². The third-order valence-electron chi connectivity index (χ3n) is 5.33. The van der Waals surface area contributed by atoms with Crippen LogP contribution in [-0.2, 0) is 21.0 Å². The number of nitrogens with one attached hydrogen (secondary N) is 1. The number of hydrogen-bond donors (Lipinski definition) is 1. The van der Waals surface area contributed by atoms with E-state index in [1.807, 2.05) is 0 Å². The van der Waals surface area contributed by atoms with E-state index in [2.05, 4.69) is 10.2 Å². The number of benzene rings is 2. The third kappa shape index (κ3) is 6.61. The summed E-state index contributed by atoms with van der Waals surface area (Å²) in [4.78, 5) is 14.7. The lowest BCUT2D eigenvalue weighted by atomic mass is 10.2. The van der Waals surface area contributed by atoms with Gasteiger partial charge in [-0.1, -0.05) is 29.8 Å². The molecule has 1 aliphatic heterocycles. The fraction of sp³-hybridized carbons (Fsp3) is 0.409. The van der Waals surface area contributed by atoms with E-state index in [0.717, 1.165) is 44.6 Å². The number of carbonyl (C=O) groups is 1. The van der Waals surface area contributed by atoms with Crippen LogP contribution in [0.4, 0.5) is 18.9 Å². The van der Waals surface area contributed by atoms with Crippen molar-refractivity contribution in [1.82, 2.24) is 10.2 Å². The van der Waals surface area contributed by atoms with Crippen molar-refractivity contribution < 1.29 is 26.4 Å². The molecule has 0 saturated carbocycles. The Balaban J connectivity index is 1.81. The first-order chi connectivity index (χ1) is 15.6. The zero-order valence-corrected chi connectivity index (χ0v) is 19.4. The van der Waals surface area contributed by atoms with Crippen LogP contribution in [-0.4, -0.2) is 51.9 Å². The molecule has 0 bridgehead atoms. The summed E-state index contributed by atoms with van der Waals surface area (Å²) in [5.74, 6) is -0.612. The van der Waals surface area contributed by atoms with Gasteiger partial charge in [0.05, 0.1) is 21.2 Å². The molecule has 0 unspecified atom stereocenters. The van der Waals surface area contributed by atoms with Crippen molar-refractivity contribution in [3.05, 3.63) is 59.1 Å². The SMILES string of the molecule is O=C(CN(c1ccc(Cl)c(C(F)(F)F)c1)S(=O)(=O)c1ccccc1)NCCCN1CCCC1. The van der Waals surface area contributed by atoms with E-state index in [9.17, 15) is 26.4 Å². The summed E-state index contributed by atoms with van der Waals surface area (Å²) in [7, 11) is -4.31. The Labute approximate surface area is 196 Å². The van der Waals surface area contributed by atoms with Gasteiger partial charge in [0.25, 0.3) is 10.0 Å². The Bertz CT molecular complexity index is 1060. The molecule has 6 nitrogen and oxygen atoms in total. The molecule has 1 saturated heterocycles. The molecule has 1 fully saturated rings. The average Bonchev–Trinajstić information content (AvgIpc) is 3.29. The van der Waals surface area contributed by atoms with Gasteiger partial charge >= 0.3 is 6.18 Å². The maximum Gasteiger partial charge on any atom is 0.417 e. The van der Waals surface area contributed by atoms with Gasteiger partial charge in [-0.05, 0) is 69.2 Å². The van der Waals surface area contributed by atoms with Crippen molar-refractivity contribution in [3.63, 3.8) is 0 Å². The highest BCUT2D eigenvalue weighted by molar-refractivity contribution is 7.92. The Hall–Kier alpha value is -2.30. The fourth-order valence-corrected chi connectivity index (χ4v) is 5.30. The van der Waals surface area contributed by atoms with Crippen molar-refractivity contribution >= 4 is 33.2 Å². The van der Waals surface area contributed by atoms with Gasteiger partial charge in [-0.3, -0.25) is 9.10 Å². The molecule has 0 aromatic heterocycles. The fourth-order valence-electron chi connectivity index (χ4n) is 3.64. The first-order valence-corrected chi connectivity index (χ1v) is 12.3. The standard InChI is InChI=1S/C22H25ClF3N3O3S/c23-20-10-9-17(15-19(20)22(24,25)26)29(33(31,32)18-7-2-1-3-8-18)16-21(30)27-11-6-14-28-12-4-5-13-28/h1-3,7-10,15H,4-6,11-14,16H2,(H,27,30). The maximum absolute atomic E-state index is 13.4. The van der Waals surface area contributed by atoms with Gasteiger partial charge in [0.2, 0.25) is 5.91 Å². The van der Waals surface area contributed by atoms with Crippen molar-refractivity contribution in [1.29, 1.82) is 0 Å². The predicted octanol–water partition coefficient (Wildman–Crippen LogP) is 4.16. The minimum Gasteiger partial charge on any atom is -0.354 e. The lowest BCUT2D eigenvalue weighted by molar-refractivity contribution is -0.137. The molecule has 1 amide bonds. The van der Waals surface area contributed by atoms with Gasteiger partial charge in [0.15, 0.2) is 0 Å². The molecule has 0 spiro atoms. The smallest absolute Gasteiger partial charge is 0.354 e. The van der Waals surface area contributed by atoms with Gasteiger partial charge in [-0.25, -0.2) is 8.42 Å². The van der Waals surface area contributed by atoms with Crippen LogP contribution in [0.25, 0.3) is 0 Å². The van der Waals surface area contributed by atoms with E-state index >= 15 is 0 Å². The van der Waals surface area contributed by atoms with E-state index < -0.39 is 39.2 Å². The molecule has 180 valence electrons. The molecular weight excluding hydrogens is 479 g/mol. The van der Waals surface area contributed by atoms with E-state index in [1.165, 1.54) is 24.3 Å². The number of nitrogens with zero attached hydrogens (tertiary/aromatic N) is 2. The van der Waals surface area contributed by atoms with Crippen molar-refractivity contribution in [3.8, 4) is 0 Å². The second kappa shape index (κ2) is 10.8. The summed E-state index contributed by atoms with van der Waals surface area (Å²) in [5, 5.41) is 2.11. The molecule has 11 heteroatoms. The van der Waals surface area contributed by atoms with Crippen molar-refractivity contribution in [2.45, 2.75) is 30.3 Å². The zero-order valence-electron chi connectivity index (χ0n) is 17.8. The van der Waals surface area contributed by atoms with Crippen LogP contribution in [0.1, 0.15) is 24.8 Å². The molecule has 0 aliphatic carbocycles. The van der Waals surface area contributed by atoms with E-state index in [4.69, 9.17) is 11.6 Å². The van der Waals surface area contributed by atoms with Crippen LogP contribution in [0, 0.1) is 0 Å². The monoisotopic (exact) mass is 503 g/mol. The second-order valence-electron chi connectivity index (χ2n) is 7.74. The van der Waals surface area contributed by atoms with Crippen molar-refractivity contribution in [2.24, 2.45) is 0 Å². The van der Waals surface area contributed by atoms with E-state index in [0.29, 0.717) is 23.3 Å². The maximum atomic E-state index is 13.4. The number of carbonyl (C=O) groups excluding carboxylic acids is 1. The van der Waals surface area contributed by atoms with Crippen LogP contribution >= 0.6 is 11.6 Å². The number of hydrogen-bond acceptors (Lipinski definition) is 4. The van der Waals surface area contributed by atoms with Gasteiger partial charge < -0.3 is 10.2 Å². The Kier molecular flexibility index (Phi) is 8.25. The average molecular weight is 504 g/mol. The van der Waals surface area contributed by atoms with Gasteiger partial charge in [0.1, 0.15) is 6.54 Å². The summed E-state index contributed by atoms with van der Waals surface area (Å²) in [6.07, 6.45) is -1.79. The molecule has 0 atom stereocenters. The normalized spacial score (nSPS) is 14.9. The number of halogens is 4. The van der Waals surface area contributed by atoms with Crippen LogP contribution in [0.5, 0.6) is 0 Å². The third-order valence-corrected chi connectivity index (χ3v) is 7.45. The van der Waals surface area contributed by atoms with Gasteiger partial charge in [-0.15, -0.1) is 0 Å². The molecule has 33 heavy (non-hydrogen) atoms. The molecule has 1 N–H and O–H groups in total. The number of alkyl halides is 3. The number of amides is 1. The molecular formula is C22H25ClF3N3O3S. The van der Waals surface area contributed by atoms with Crippen LogP contribution in [0.2, 0.25) is 5.02 Å². The predicted molar refractivity (Wildman–Crippen MR) is 121 cm³/mol. The minimum absolute atomic E-state index is 0.143. The summed E-state index contributed by atoms with van der Waals surface area (Å²) >= 11 is 5.69. The highest BCUT2D eigenvalue weighted by Crippen LogP contribution is 2.37. The molecule has 1 heterocycles. The Morgan fingerprint density at radius 3 is 2.39 bits per heavy atom. The molecule has 1 aliphatic rings. The number of sulfonamides is 1. The van der Waals surface area contributed by atoms with E-state index in [-0.39, 0.29) is 10.6 Å². The molecule has 2 aromatic rings. The first-order valence-electron chi connectivity index (χ1n) is 10.5. The largest absolute Gasteiger partial charge is 0.417 e. The highest BCUT2D eigenvalue weighted by atomic mass is 35.5. The van der Waals surface area contributed by atoms with E-state index in [1.54, 1.807) is 6.07 Å². The van der Waals surface area contributed by atoms with Crippen LogP contribution < -0.4 is 9.62 Å². The molecule has 3 rings (SSSR count). The number of anilines is 1. The second-order valence-corrected chi connectivity index (χ2v) is 10.0. The molecule has 2 aromatic carbocycles. The first kappa shape index (κ1) is 25.3. The lowest BCUT2D eigenvalue weighted by Crippen LogP contribution is -2.41. The number of rotatable bonds is 9. The highest BCUT2D eigenvalue weighted by Gasteiger charge is 2.35. The van der Waals surface area contributed by atoms with Crippen LogP contribution in [0.3, 0.4) is 0 Å². The summed E-state index contributed by atoms with van der Waals surface area (Å²) < 4.78 is 67.3. The Morgan fingerprint density at radius 2 is 1.76 bits per heavy atom. The summed E-state index contributed by atoms with van der Waals surface area (Å²) in [5.41, 5.74) is -1.48. The minimum atomic E-state index is -4.78.